The number of carbonyl (C=O) groups excluding carboxylic acids is 1. The summed E-state index contributed by atoms with van der Waals surface area (Å²) in [5, 5.41) is 0. The van der Waals surface area contributed by atoms with Crippen LogP contribution in [0.1, 0.15) is 34.5 Å². The summed E-state index contributed by atoms with van der Waals surface area (Å²) in [5.74, 6) is -2.26. The van der Waals surface area contributed by atoms with E-state index in [1.807, 2.05) is 54.6 Å². The van der Waals surface area contributed by atoms with Crippen molar-refractivity contribution < 1.29 is 13.6 Å². The van der Waals surface area contributed by atoms with Crippen molar-refractivity contribution in [2.24, 2.45) is 0 Å². The van der Waals surface area contributed by atoms with Gasteiger partial charge in [0.15, 0.2) is 0 Å². The van der Waals surface area contributed by atoms with E-state index in [4.69, 9.17) is 0 Å². The lowest BCUT2D eigenvalue weighted by Crippen LogP contribution is -2.44. The Labute approximate surface area is 185 Å². The lowest BCUT2D eigenvalue weighted by atomic mass is 10.0. The Morgan fingerprint density at radius 2 is 1.69 bits per heavy atom. The lowest BCUT2D eigenvalue weighted by Gasteiger charge is -2.36. The van der Waals surface area contributed by atoms with E-state index in [9.17, 15) is 13.6 Å². The molecule has 0 bridgehead atoms. The minimum Gasteiger partial charge on any atom is -0.350 e. The van der Waals surface area contributed by atoms with Gasteiger partial charge in [0.05, 0.1) is 18.8 Å². The van der Waals surface area contributed by atoms with Crippen molar-refractivity contribution in [1.82, 2.24) is 14.9 Å². The predicted molar refractivity (Wildman–Crippen MR) is 119 cm³/mol. The summed E-state index contributed by atoms with van der Waals surface area (Å²) >= 11 is 0. The molecule has 0 saturated carbocycles. The number of hydrogen-bond donors (Lipinski definition) is 0. The molecule has 32 heavy (non-hydrogen) atoms. The maximum atomic E-state index is 14.0. The summed E-state index contributed by atoms with van der Waals surface area (Å²) in [6.07, 6.45) is 2.35. The van der Waals surface area contributed by atoms with Gasteiger partial charge in [-0.2, -0.15) is 0 Å². The Hall–Kier alpha value is -3.35. The number of fused-ring (bicyclic) bond motifs is 1. The highest BCUT2D eigenvalue weighted by molar-refractivity contribution is 5.95. The summed E-state index contributed by atoms with van der Waals surface area (Å²) < 4.78 is 28.0. The number of amides is 1. The number of carbonyl (C=O) groups is 1. The summed E-state index contributed by atoms with van der Waals surface area (Å²) in [4.78, 5) is 25.3. The number of anilines is 1. The van der Waals surface area contributed by atoms with E-state index < -0.39 is 5.92 Å². The number of aromatic nitrogens is 2. The van der Waals surface area contributed by atoms with Crippen LogP contribution in [-0.2, 0) is 13.0 Å². The molecular weight excluding hydrogens is 410 g/mol. The molecule has 2 aliphatic heterocycles. The molecule has 0 N–H and O–H groups in total. The molecular formula is C25H24F2N4O. The van der Waals surface area contributed by atoms with Crippen LogP contribution in [0.3, 0.4) is 0 Å². The molecule has 2 aromatic carbocycles. The van der Waals surface area contributed by atoms with Crippen LogP contribution in [0.4, 0.5) is 14.6 Å². The average Bonchev–Trinajstić information content (AvgIpc) is 2.83. The predicted octanol–water partition coefficient (Wildman–Crippen LogP) is 4.58. The van der Waals surface area contributed by atoms with Gasteiger partial charge < -0.3 is 9.80 Å². The first-order valence-electron chi connectivity index (χ1n) is 10.9. The van der Waals surface area contributed by atoms with Crippen LogP contribution >= 0.6 is 0 Å². The van der Waals surface area contributed by atoms with Crippen molar-refractivity contribution in [2.45, 2.75) is 31.7 Å². The van der Waals surface area contributed by atoms with Crippen LogP contribution < -0.4 is 4.90 Å². The van der Waals surface area contributed by atoms with Gasteiger partial charge in [-0.05, 0) is 29.7 Å². The van der Waals surface area contributed by atoms with Crippen molar-refractivity contribution in [1.29, 1.82) is 0 Å². The third kappa shape index (κ3) is 4.07. The maximum Gasteiger partial charge on any atom is 0.265 e. The van der Waals surface area contributed by atoms with Crippen LogP contribution in [-0.4, -0.2) is 46.3 Å². The molecule has 1 saturated heterocycles. The number of piperidine rings is 1. The van der Waals surface area contributed by atoms with Gasteiger partial charge in [0.1, 0.15) is 12.1 Å². The van der Waals surface area contributed by atoms with Gasteiger partial charge in [0.25, 0.3) is 11.8 Å². The minimum absolute atomic E-state index is 0.0750. The Morgan fingerprint density at radius 1 is 0.938 bits per heavy atom. The minimum atomic E-state index is -2.72. The number of benzene rings is 2. The first-order chi connectivity index (χ1) is 15.5. The molecule has 0 spiro atoms. The monoisotopic (exact) mass is 434 g/mol. The van der Waals surface area contributed by atoms with Crippen molar-refractivity contribution >= 4 is 11.7 Å². The van der Waals surface area contributed by atoms with Crippen molar-refractivity contribution in [3.05, 3.63) is 77.7 Å². The van der Waals surface area contributed by atoms with Crippen molar-refractivity contribution in [3.8, 4) is 11.1 Å². The lowest BCUT2D eigenvalue weighted by molar-refractivity contribution is -0.0119. The Morgan fingerprint density at radius 3 is 2.44 bits per heavy atom. The molecule has 3 aromatic rings. The molecule has 5 rings (SSSR count). The molecule has 1 amide bonds. The van der Waals surface area contributed by atoms with Crippen LogP contribution in [0.15, 0.2) is 60.9 Å². The highest BCUT2D eigenvalue weighted by Crippen LogP contribution is 2.33. The normalized spacial score (nSPS) is 17.7. The molecule has 7 heteroatoms. The SMILES string of the molecule is O=C(c1ccc(-c2ccccc2)cc1)N1CCc2ncnc(N3CCCC(F)(F)C3)c2C1. The van der Waals surface area contributed by atoms with Gasteiger partial charge in [-0.1, -0.05) is 42.5 Å². The molecule has 5 nitrogen and oxygen atoms in total. The fraction of sp³-hybridized carbons (Fsp3) is 0.320. The van der Waals surface area contributed by atoms with E-state index in [1.54, 1.807) is 9.80 Å². The first kappa shape index (κ1) is 20.5. The van der Waals surface area contributed by atoms with Gasteiger partial charge in [0, 0.05) is 37.1 Å². The zero-order chi connectivity index (χ0) is 22.1. The Kier molecular flexibility index (Phi) is 5.33. The van der Waals surface area contributed by atoms with E-state index in [1.165, 1.54) is 6.33 Å². The fourth-order valence-electron chi connectivity index (χ4n) is 4.54. The third-order valence-electron chi connectivity index (χ3n) is 6.20. The molecule has 3 heterocycles. The number of hydrogen-bond acceptors (Lipinski definition) is 4. The number of halogens is 2. The molecule has 1 aromatic heterocycles. The summed E-state index contributed by atoms with van der Waals surface area (Å²) in [5.41, 5.74) is 4.38. The number of nitrogens with zero attached hydrogens (tertiary/aromatic N) is 4. The third-order valence-corrected chi connectivity index (χ3v) is 6.20. The molecule has 0 aliphatic carbocycles. The number of rotatable bonds is 3. The Balaban J connectivity index is 1.36. The smallest absolute Gasteiger partial charge is 0.265 e. The van der Waals surface area contributed by atoms with Crippen LogP contribution in [0.2, 0.25) is 0 Å². The van der Waals surface area contributed by atoms with Crippen LogP contribution in [0.25, 0.3) is 11.1 Å². The highest BCUT2D eigenvalue weighted by atomic mass is 19.3. The summed E-state index contributed by atoms with van der Waals surface area (Å²) in [6.45, 7) is 1.06. The largest absolute Gasteiger partial charge is 0.350 e. The van der Waals surface area contributed by atoms with Crippen LogP contribution in [0, 0.1) is 0 Å². The maximum absolute atomic E-state index is 14.0. The van der Waals surface area contributed by atoms with E-state index in [2.05, 4.69) is 9.97 Å². The summed E-state index contributed by atoms with van der Waals surface area (Å²) in [7, 11) is 0. The second kappa shape index (κ2) is 8.30. The van der Waals surface area contributed by atoms with E-state index >= 15 is 0 Å². The molecule has 1 fully saturated rings. The molecule has 164 valence electrons. The second-order valence-corrected chi connectivity index (χ2v) is 8.42. The quantitative estimate of drug-likeness (QED) is 0.606. The fourth-order valence-corrected chi connectivity index (χ4v) is 4.54. The van der Waals surface area contributed by atoms with Gasteiger partial charge in [-0.25, -0.2) is 18.7 Å². The topological polar surface area (TPSA) is 49.3 Å². The van der Waals surface area contributed by atoms with Crippen molar-refractivity contribution in [3.63, 3.8) is 0 Å². The zero-order valence-corrected chi connectivity index (χ0v) is 17.7. The van der Waals surface area contributed by atoms with E-state index in [-0.39, 0.29) is 18.9 Å². The number of alkyl halides is 2. The molecule has 0 unspecified atom stereocenters. The van der Waals surface area contributed by atoms with Gasteiger partial charge >= 0.3 is 0 Å². The summed E-state index contributed by atoms with van der Waals surface area (Å²) in [6, 6.07) is 17.6. The molecule has 2 aliphatic rings. The first-order valence-corrected chi connectivity index (χ1v) is 10.9. The molecule has 0 atom stereocenters. The van der Waals surface area contributed by atoms with Gasteiger partial charge in [-0.15, -0.1) is 0 Å². The van der Waals surface area contributed by atoms with Crippen LogP contribution in [0.5, 0.6) is 0 Å². The standard InChI is InChI=1S/C25H24F2N4O/c26-25(27)12-4-13-31(16-25)23-21-15-30(14-11-22(21)28-17-29-23)24(32)20-9-7-19(8-10-20)18-5-2-1-3-6-18/h1-3,5-10,17H,4,11-16H2. The zero-order valence-electron chi connectivity index (χ0n) is 17.7. The van der Waals surface area contributed by atoms with Crippen molar-refractivity contribution in [2.75, 3.05) is 24.5 Å². The van der Waals surface area contributed by atoms with Gasteiger partial charge in [0.2, 0.25) is 0 Å². The van der Waals surface area contributed by atoms with E-state index in [0.29, 0.717) is 43.9 Å². The average molecular weight is 434 g/mol. The van der Waals surface area contributed by atoms with E-state index in [0.717, 1.165) is 22.4 Å². The highest BCUT2D eigenvalue weighted by Gasteiger charge is 2.37. The second-order valence-electron chi connectivity index (χ2n) is 8.42. The van der Waals surface area contributed by atoms with Gasteiger partial charge in [-0.3, -0.25) is 4.79 Å². The Bertz CT molecular complexity index is 1120. The molecule has 0 radical (unpaired) electrons.